The van der Waals surface area contributed by atoms with Gasteiger partial charge in [0.1, 0.15) is 0 Å². The van der Waals surface area contributed by atoms with Gasteiger partial charge in [0.15, 0.2) is 0 Å². The lowest BCUT2D eigenvalue weighted by Gasteiger charge is -2.14. The Morgan fingerprint density at radius 2 is 2.07 bits per heavy atom. The second kappa shape index (κ2) is 4.53. The summed E-state index contributed by atoms with van der Waals surface area (Å²) in [6.45, 7) is 3.12. The molecule has 0 amide bonds. The zero-order valence-electron chi connectivity index (χ0n) is 8.93. The molecule has 2 N–H and O–H groups in total. The largest absolute Gasteiger partial charge is 0.327 e. The van der Waals surface area contributed by atoms with Crippen LogP contribution in [-0.2, 0) is 5.92 Å². The van der Waals surface area contributed by atoms with E-state index in [1.54, 1.807) is 24.3 Å². The molecule has 0 saturated carbocycles. The summed E-state index contributed by atoms with van der Waals surface area (Å²) >= 11 is 0. The van der Waals surface area contributed by atoms with Crippen molar-refractivity contribution in [2.24, 2.45) is 5.73 Å². The van der Waals surface area contributed by atoms with Crippen LogP contribution in [0.2, 0.25) is 0 Å². The third kappa shape index (κ3) is 3.13. The van der Waals surface area contributed by atoms with E-state index >= 15 is 0 Å². The molecule has 0 aliphatic heterocycles. The standard InChI is InChI=1S/C12H15F2N/c1-9-5-6-11(12(2,13)14)10(8-9)4-3-7-15/h3-6,8H,7,15H2,1-2H3/b4-3+. The van der Waals surface area contributed by atoms with Crippen LogP contribution in [0.25, 0.3) is 6.08 Å². The van der Waals surface area contributed by atoms with Crippen LogP contribution < -0.4 is 5.73 Å². The zero-order valence-corrected chi connectivity index (χ0v) is 8.93. The van der Waals surface area contributed by atoms with Crippen LogP contribution in [0.3, 0.4) is 0 Å². The number of rotatable bonds is 3. The molecule has 0 aromatic heterocycles. The molecule has 1 aromatic rings. The first-order valence-electron chi connectivity index (χ1n) is 4.80. The van der Waals surface area contributed by atoms with Crippen molar-refractivity contribution in [3.05, 3.63) is 41.0 Å². The van der Waals surface area contributed by atoms with E-state index in [-0.39, 0.29) is 5.56 Å². The van der Waals surface area contributed by atoms with Crippen molar-refractivity contribution in [1.29, 1.82) is 0 Å². The molecule has 0 spiro atoms. The van der Waals surface area contributed by atoms with Gasteiger partial charge in [-0.1, -0.05) is 35.9 Å². The van der Waals surface area contributed by atoms with Crippen LogP contribution in [0.5, 0.6) is 0 Å². The number of alkyl halides is 2. The van der Waals surface area contributed by atoms with Crippen LogP contribution in [0.15, 0.2) is 24.3 Å². The maximum atomic E-state index is 13.2. The summed E-state index contributed by atoms with van der Waals surface area (Å²) in [6, 6.07) is 4.89. The van der Waals surface area contributed by atoms with Gasteiger partial charge in [0.2, 0.25) is 0 Å². The van der Waals surface area contributed by atoms with Crippen molar-refractivity contribution in [2.75, 3.05) is 6.54 Å². The molecule has 0 aliphatic carbocycles. The highest BCUT2D eigenvalue weighted by Crippen LogP contribution is 2.31. The molecule has 1 aromatic carbocycles. The van der Waals surface area contributed by atoms with Gasteiger partial charge in [0.25, 0.3) is 5.92 Å². The van der Waals surface area contributed by atoms with Crippen molar-refractivity contribution < 1.29 is 8.78 Å². The second-order valence-electron chi connectivity index (χ2n) is 3.62. The van der Waals surface area contributed by atoms with Crippen molar-refractivity contribution >= 4 is 6.08 Å². The minimum absolute atomic E-state index is 0.0396. The van der Waals surface area contributed by atoms with E-state index in [0.29, 0.717) is 12.1 Å². The van der Waals surface area contributed by atoms with Crippen LogP contribution in [0.1, 0.15) is 23.6 Å². The van der Waals surface area contributed by atoms with Gasteiger partial charge in [-0.15, -0.1) is 0 Å². The zero-order chi connectivity index (χ0) is 11.5. The van der Waals surface area contributed by atoms with Gasteiger partial charge in [-0.25, -0.2) is 8.78 Å². The lowest BCUT2D eigenvalue weighted by Crippen LogP contribution is -2.09. The smallest absolute Gasteiger partial charge is 0.271 e. The molecule has 0 bridgehead atoms. The first-order chi connectivity index (χ1) is 6.95. The summed E-state index contributed by atoms with van der Waals surface area (Å²) < 4.78 is 26.4. The molecule has 0 saturated heterocycles. The average Bonchev–Trinajstić information content (AvgIpc) is 2.12. The average molecular weight is 211 g/mol. The monoisotopic (exact) mass is 211 g/mol. The molecule has 0 fully saturated rings. The highest BCUT2D eigenvalue weighted by atomic mass is 19.3. The lowest BCUT2D eigenvalue weighted by atomic mass is 10.00. The van der Waals surface area contributed by atoms with Gasteiger partial charge in [-0.3, -0.25) is 0 Å². The Morgan fingerprint density at radius 1 is 1.40 bits per heavy atom. The number of halogens is 2. The Kier molecular flexibility index (Phi) is 3.58. The lowest BCUT2D eigenvalue weighted by molar-refractivity contribution is 0.0173. The highest BCUT2D eigenvalue weighted by molar-refractivity contribution is 5.56. The molecular formula is C12H15F2N. The van der Waals surface area contributed by atoms with E-state index in [1.165, 1.54) is 6.07 Å². The summed E-state index contributed by atoms with van der Waals surface area (Å²) in [5.74, 6) is -2.82. The van der Waals surface area contributed by atoms with E-state index in [1.807, 2.05) is 6.92 Å². The summed E-state index contributed by atoms with van der Waals surface area (Å²) in [6.07, 6.45) is 3.31. The molecule has 0 heterocycles. The summed E-state index contributed by atoms with van der Waals surface area (Å²) in [5, 5.41) is 0. The first-order valence-corrected chi connectivity index (χ1v) is 4.80. The molecular weight excluding hydrogens is 196 g/mol. The van der Waals surface area contributed by atoms with Gasteiger partial charge in [0, 0.05) is 19.0 Å². The predicted molar refractivity (Wildman–Crippen MR) is 58.8 cm³/mol. The summed E-state index contributed by atoms with van der Waals surface area (Å²) in [7, 11) is 0. The van der Waals surface area contributed by atoms with Crippen LogP contribution in [0.4, 0.5) is 8.78 Å². The highest BCUT2D eigenvalue weighted by Gasteiger charge is 2.26. The number of hydrogen-bond acceptors (Lipinski definition) is 1. The van der Waals surface area contributed by atoms with Crippen molar-refractivity contribution in [3.8, 4) is 0 Å². The molecule has 82 valence electrons. The third-order valence-corrected chi connectivity index (χ3v) is 2.11. The maximum absolute atomic E-state index is 13.2. The molecule has 15 heavy (non-hydrogen) atoms. The quantitative estimate of drug-likeness (QED) is 0.816. The van der Waals surface area contributed by atoms with Gasteiger partial charge < -0.3 is 5.73 Å². The number of benzene rings is 1. The Bertz CT molecular complexity index is 364. The second-order valence-corrected chi connectivity index (χ2v) is 3.62. The van der Waals surface area contributed by atoms with Crippen LogP contribution in [-0.4, -0.2) is 6.54 Å². The molecule has 0 radical (unpaired) electrons. The number of aryl methyl sites for hydroxylation is 1. The Labute approximate surface area is 88.6 Å². The summed E-state index contributed by atoms with van der Waals surface area (Å²) in [5.41, 5.74) is 6.83. The fourth-order valence-corrected chi connectivity index (χ4v) is 1.41. The Hall–Kier alpha value is -1.22. The van der Waals surface area contributed by atoms with Gasteiger partial charge >= 0.3 is 0 Å². The van der Waals surface area contributed by atoms with E-state index in [9.17, 15) is 8.78 Å². The van der Waals surface area contributed by atoms with Crippen LogP contribution >= 0.6 is 0 Å². The SMILES string of the molecule is Cc1ccc(C(C)(F)F)c(/C=C/CN)c1. The molecule has 1 nitrogen and oxygen atoms in total. The Morgan fingerprint density at radius 3 is 2.60 bits per heavy atom. The first kappa shape index (κ1) is 11.9. The van der Waals surface area contributed by atoms with E-state index in [2.05, 4.69) is 0 Å². The minimum Gasteiger partial charge on any atom is -0.327 e. The fraction of sp³-hybridized carbons (Fsp3) is 0.333. The predicted octanol–water partition coefficient (Wildman–Crippen LogP) is 3.08. The van der Waals surface area contributed by atoms with Crippen molar-refractivity contribution in [1.82, 2.24) is 0 Å². The minimum atomic E-state index is -2.82. The topological polar surface area (TPSA) is 26.0 Å². The molecule has 3 heteroatoms. The maximum Gasteiger partial charge on any atom is 0.271 e. The number of hydrogen-bond donors (Lipinski definition) is 1. The van der Waals surface area contributed by atoms with E-state index in [0.717, 1.165) is 12.5 Å². The molecule has 0 unspecified atom stereocenters. The third-order valence-electron chi connectivity index (χ3n) is 2.11. The van der Waals surface area contributed by atoms with Crippen molar-refractivity contribution in [3.63, 3.8) is 0 Å². The van der Waals surface area contributed by atoms with Gasteiger partial charge in [0.05, 0.1) is 0 Å². The molecule has 1 rings (SSSR count). The molecule has 0 atom stereocenters. The van der Waals surface area contributed by atoms with E-state index in [4.69, 9.17) is 5.73 Å². The Balaban J connectivity index is 3.21. The van der Waals surface area contributed by atoms with E-state index < -0.39 is 5.92 Å². The number of nitrogens with two attached hydrogens (primary N) is 1. The van der Waals surface area contributed by atoms with Crippen LogP contribution in [0, 0.1) is 6.92 Å². The fourth-order valence-electron chi connectivity index (χ4n) is 1.41. The normalized spacial score (nSPS) is 12.3. The van der Waals surface area contributed by atoms with Gasteiger partial charge in [-0.05, 0) is 12.5 Å². The van der Waals surface area contributed by atoms with Crippen molar-refractivity contribution in [2.45, 2.75) is 19.8 Å². The van der Waals surface area contributed by atoms with Gasteiger partial charge in [-0.2, -0.15) is 0 Å². The molecule has 0 aliphatic rings. The summed E-state index contributed by atoms with van der Waals surface area (Å²) in [4.78, 5) is 0.